The number of nitrogens with zero attached hydrogens (tertiary/aromatic N) is 1. The molecule has 0 aliphatic heterocycles. The SMILES string of the molecule is O=C(NC(c1cccc(Cl)n1)[C@]1(O)CC[C@H](F)CC1)c1cccc(C(F)(F)F)c1Cl. The fourth-order valence-electron chi connectivity index (χ4n) is 3.57. The minimum absolute atomic E-state index is 0.0314. The van der Waals surface area contributed by atoms with Crippen LogP contribution in [0.25, 0.3) is 0 Å². The van der Waals surface area contributed by atoms with E-state index in [4.69, 9.17) is 23.2 Å². The van der Waals surface area contributed by atoms with Crippen molar-refractivity contribution in [3.63, 3.8) is 0 Å². The molecule has 2 N–H and O–H groups in total. The number of hydrogen-bond donors (Lipinski definition) is 2. The molecule has 0 radical (unpaired) electrons. The predicted octanol–water partition coefficient (Wildman–Crippen LogP) is 5.52. The van der Waals surface area contributed by atoms with Crippen LogP contribution in [0.2, 0.25) is 10.2 Å². The van der Waals surface area contributed by atoms with Crippen LogP contribution >= 0.6 is 23.2 Å². The van der Waals surface area contributed by atoms with E-state index in [-0.39, 0.29) is 36.5 Å². The monoisotopic (exact) mass is 464 g/mol. The number of aliphatic hydroxyl groups is 1. The molecular formula is C20H18Cl2F4N2O2. The number of alkyl halides is 4. The minimum Gasteiger partial charge on any atom is -0.387 e. The molecule has 1 heterocycles. The Kier molecular flexibility index (Phi) is 6.60. The maximum atomic E-state index is 13.6. The number of benzene rings is 1. The first-order chi connectivity index (χ1) is 14.0. The molecule has 2 aromatic rings. The van der Waals surface area contributed by atoms with Crippen LogP contribution in [0.5, 0.6) is 0 Å². The molecule has 1 aromatic carbocycles. The Hall–Kier alpha value is -1.90. The molecule has 1 unspecified atom stereocenters. The Labute approximate surface area is 180 Å². The van der Waals surface area contributed by atoms with Crippen LogP contribution in [0.3, 0.4) is 0 Å². The van der Waals surface area contributed by atoms with Gasteiger partial charge in [-0.3, -0.25) is 4.79 Å². The third-order valence-corrected chi connectivity index (χ3v) is 5.79. The highest BCUT2D eigenvalue weighted by molar-refractivity contribution is 6.34. The molecule has 1 aromatic heterocycles. The van der Waals surface area contributed by atoms with E-state index in [9.17, 15) is 27.5 Å². The normalized spacial score (nSPS) is 23.1. The van der Waals surface area contributed by atoms with Crippen LogP contribution in [-0.4, -0.2) is 27.8 Å². The second kappa shape index (κ2) is 8.69. The number of nitrogens with one attached hydrogen (secondary N) is 1. The van der Waals surface area contributed by atoms with Crippen molar-refractivity contribution in [2.75, 3.05) is 0 Å². The summed E-state index contributed by atoms with van der Waals surface area (Å²) in [5.41, 5.74) is -2.89. The summed E-state index contributed by atoms with van der Waals surface area (Å²) in [6.45, 7) is 0. The summed E-state index contributed by atoms with van der Waals surface area (Å²) in [5.74, 6) is -0.923. The Morgan fingerprint density at radius 3 is 2.40 bits per heavy atom. The van der Waals surface area contributed by atoms with Crippen LogP contribution in [-0.2, 0) is 6.18 Å². The van der Waals surface area contributed by atoms with E-state index in [0.717, 1.165) is 18.2 Å². The number of rotatable bonds is 4. The Morgan fingerprint density at radius 1 is 1.17 bits per heavy atom. The molecule has 0 spiro atoms. The summed E-state index contributed by atoms with van der Waals surface area (Å²) in [6, 6.07) is 6.44. The highest BCUT2D eigenvalue weighted by atomic mass is 35.5. The molecule has 1 aliphatic rings. The first-order valence-corrected chi connectivity index (χ1v) is 9.92. The van der Waals surface area contributed by atoms with Crippen LogP contribution in [0.15, 0.2) is 36.4 Å². The quantitative estimate of drug-likeness (QED) is 0.462. The maximum absolute atomic E-state index is 13.6. The third kappa shape index (κ3) is 4.87. The topological polar surface area (TPSA) is 62.2 Å². The van der Waals surface area contributed by atoms with Crippen LogP contribution < -0.4 is 5.32 Å². The average molecular weight is 465 g/mol. The van der Waals surface area contributed by atoms with Crippen LogP contribution in [0.4, 0.5) is 17.6 Å². The number of carbonyl (C=O) groups excluding carboxylic acids is 1. The van der Waals surface area contributed by atoms with Crippen molar-refractivity contribution >= 4 is 29.1 Å². The number of aromatic nitrogens is 1. The Balaban J connectivity index is 1.97. The number of amides is 1. The first kappa shape index (κ1) is 22.8. The molecule has 1 saturated carbocycles. The number of halogens is 6. The summed E-state index contributed by atoms with van der Waals surface area (Å²) in [4.78, 5) is 17.0. The second-order valence-corrected chi connectivity index (χ2v) is 8.00. The van der Waals surface area contributed by atoms with Crippen molar-refractivity contribution in [1.82, 2.24) is 10.3 Å². The maximum Gasteiger partial charge on any atom is 0.417 e. The molecule has 0 bridgehead atoms. The van der Waals surface area contributed by atoms with Crippen LogP contribution in [0.1, 0.15) is 53.3 Å². The smallest absolute Gasteiger partial charge is 0.387 e. The highest BCUT2D eigenvalue weighted by Gasteiger charge is 2.43. The van der Waals surface area contributed by atoms with Crippen molar-refractivity contribution in [3.8, 4) is 0 Å². The van der Waals surface area contributed by atoms with E-state index in [0.29, 0.717) is 0 Å². The number of carbonyl (C=O) groups is 1. The van der Waals surface area contributed by atoms with Gasteiger partial charge >= 0.3 is 6.18 Å². The summed E-state index contributed by atoms with van der Waals surface area (Å²) in [5, 5.41) is 13.1. The molecule has 1 atom stereocenters. The van der Waals surface area contributed by atoms with Crippen molar-refractivity contribution < 1.29 is 27.5 Å². The molecule has 0 saturated heterocycles. The van der Waals surface area contributed by atoms with Gasteiger partial charge < -0.3 is 10.4 Å². The van der Waals surface area contributed by atoms with E-state index in [1.165, 1.54) is 12.1 Å². The Morgan fingerprint density at radius 2 is 1.80 bits per heavy atom. The van der Waals surface area contributed by atoms with Gasteiger partial charge in [0.25, 0.3) is 5.91 Å². The summed E-state index contributed by atoms with van der Waals surface area (Å²) in [6.07, 6.45) is -5.60. The fraction of sp³-hybridized carbons (Fsp3) is 0.400. The van der Waals surface area contributed by atoms with E-state index < -0.39 is 46.0 Å². The van der Waals surface area contributed by atoms with E-state index in [2.05, 4.69) is 10.3 Å². The third-order valence-electron chi connectivity index (χ3n) is 5.17. The molecule has 1 aliphatic carbocycles. The Bertz CT molecular complexity index is 931. The zero-order valence-corrected chi connectivity index (χ0v) is 17.0. The van der Waals surface area contributed by atoms with E-state index in [1.807, 2.05) is 0 Å². The molecule has 10 heteroatoms. The van der Waals surface area contributed by atoms with Gasteiger partial charge in [-0.25, -0.2) is 9.37 Å². The van der Waals surface area contributed by atoms with Crippen molar-refractivity contribution in [1.29, 1.82) is 0 Å². The first-order valence-electron chi connectivity index (χ1n) is 9.17. The van der Waals surface area contributed by atoms with E-state index in [1.54, 1.807) is 6.07 Å². The molecule has 1 amide bonds. The van der Waals surface area contributed by atoms with E-state index >= 15 is 0 Å². The van der Waals surface area contributed by atoms with Crippen LogP contribution in [0, 0.1) is 0 Å². The van der Waals surface area contributed by atoms with Gasteiger partial charge in [-0.2, -0.15) is 13.2 Å². The summed E-state index contributed by atoms with van der Waals surface area (Å²) >= 11 is 11.8. The largest absolute Gasteiger partial charge is 0.417 e. The zero-order valence-electron chi connectivity index (χ0n) is 15.5. The molecule has 30 heavy (non-hydrogen) atoms. The molecule has 1 fully saturated rings. The van der Waals surface area contributed by atoms with Gasteiger partial charge in [-0.1, -0.05) is 35.3 Å². The second-order valence-electron chi connectivity index (χ2n) is 7.23. The van der Waals surface area contributed by atoms with Gasteiger partial charge in [-0.05, 0) is 49.9 Å². The lowest BCUT2D eigenvalue weighted by Crippen LogP contribution is -2.49. The van der Waals surface area contributed by atoms with Crippen molar-refractivity contribution in [2.45, 2.75) is 49.7 Å². The summed E-state index contributed by atoms with van der Waals surface area (Å²) in [7, 11) is 0. The molecular weight excluding hydrogens is 447 g/mol. The van der Waals surface area contributed by atoms with Crippen molar-refractivity contribution in [3.05, 3.63) is 63.4 Å². The molecule has 4 nitrogen and oxygen atoms in total. The predicted molar refractivity (Wildman–Crippen MR) is 104 cm³/mol. The lowest BCUT2D eigenvalue weighted by atomic mass is 9.77. The molecule has 162 valence electrons. The fourth-order valence-corrected chi connectivity index (χ4v) is 4.06. The summed E-state index contributed by atoms with van der Waals surface area (Å²) < 4.78 is 53.0. The van der Waals surface area contributed by atoms with Gasteiger partial charge in [0.1, 0.15) is 17.4 Å². The van der Waals surface area contributed by atoms with Gasteiger partial charge in [0.2, 0.25) is 0 Å². The number of pyridine rings is 1. The molecule has 3 rings (SSSR count). The lowest BCUT2D eigenvalue weighted by Gasteiger charge is -2.40. The zero-order chi connectivity index (χ0) is 22.1. The highest BCUT2D eigenvalue weighted by Crippen LogP contribution is 2.40. The van der Waals surface area contributed by atoms with Crippen molar-refractivity contribution in [2.24, 2.45) is 0 Å². The van der Waals surface area contributed by atoms with Gasteiger partial charge in [0.05, 0.1) is 27.4 Å². The van der Waals surface area contributed by atoms with Gasteiger partial charge in [0, 0.05) is 0 Å². The number of hydrogen-bond acceptors (Lipinski definition) is 3. The van der Waals surface area contributed by atoms with Gasteiger partial charge in [-0.15, -0.1) is 0 Å². The average Bonchev–Trinajstić information content (AvgIpc) is 2.67. The standard InChI is InChI=1S/C20H18Cl2F4N2O2/c21-15-6-2-5-14(27-15)17(19(30)9-7-11(23)8-10-19)28-18(29)12-3-1-4-13(16(12)22)20(24,25)26/h1-6,11,17,30H,7-10H2,(H,28,29)/t11-,17?,19-. The lowest BCUT2D eigenvalue weighted by molar-refractivity contribution is -0.137. The minimum atomic E-state index is -4.74. The van der Waals surface area contributed by atoms with Gasteiger partial charge in [0.15, 0.2) is 0 Å².